The summed E-state index contributed by atoms with van der Waals surface area (Å²) in [6, 6.07) is 11.9. The Labute approximate surface area is 113 Å². The SMILES string of the molecule is NCCc1cccc(C(O)c2ccc(Br)s2)c1. The molecule has 2 aromatic rings. The second-order valence-electron chi connectivity index (χ2n) is 3.83. The monoisotopic (exact) mass is 311 g/mol. The highest BCUT2D eigenvalue weighted by atomic mass is 79.9. The minimum Gasteiger partial charge on any atom is -0.383 e. The second kappa shape index (κ2) is 5.78. The van der Waals surface area contributed by atoms with Gasteiger partial charge in [0.2, 0.25) is 0 Å². The van der Waals surface area contributed by atoms with Gasteiger partial charge in [-0.1, -0.05) is 24.3 Å². The fourth-order valence-corrected chi connectivity index (χ4v) is 3.16. The molecule has 0 aliphatic heterocycles. The van der Waals surface area contributed by atoms with Crippen molar-refractivity contribution >= 4 is 27.3 Å². The van der Waals surface area contributed by atoms with Crippen LogP contribution in [0.15, 0.2) is 40.2 Å². The number of hydrogen-bond donors (Lipinski definition) is 2. The van der Waals surface area contributed by atoms with Crippen LogP contribution in [-0.2, 0) is 6.42 Å². The zero-order chi connectivity index (χ0) is 12.3. The van der Waals surface area contributed by atoms with Crippen molar-refractivity contribution in [3.8, 4) is 0 Å². The van der Waals surface area contributed by atoms with E-state index in [9.17, 15) is 5.11 Å². The van der Waals surface area contributed by atoms with Gasteiger partial charge in [-0.05, 0) is 52.2 Å². The van der Waals surface area contributed by atoms with Crippen LogP contribution in [0.2, 0.25) is 0 Å². The van der Waals surface area contributed by atoms with Gasteiger partial charge in [-0.15, -0.1) is 11.3 Å². The van der Waals surface area contributed by atoms with Crippen molar-refractivity contribution in [1.29, 1.82) is 0 Å². The molecule has 0 bridgehead atoms. The molecule has 1 aromatic heterocycles. The summed E-state index contributed by atoms with van der Waals surface area (Å²) in [5.41, 5.74) is 7.62. The van der Waals surface area contributed by atoms with E-state index in [1.807, 2.05) is 36.4 Å². The van der Waals surface area contributed by atoms with Gasteiger partial charge in [0.15, 0.2) is 0 Å². The topological polar surface area (TPSA) is 46.2 Å². The van der Waals surface area contributed by atoms with Crippen molar-refractivity contribution in [2.24, 2.45) is 5.73 Å². The third-order valence-corrected chi connectivity index (χ3v) is 4.24. The average molecular weight is 312 g/mol. The molecule has 17 heavy (non-hydrogen) atoms. The first-order valence-corrected chi connectivity index (χ1v) is 7.04. The Morgan fingerprint density at radius 3 is 2.76 bits per heavy atom. The number of aliphatic hydroxyl groups is 1. The summed E-state index contributed by atoms with van der Waals surface area (Å²) in [7, 11) is 0. The van der Waals surface area contributed by atoms with Crippen LogP contribution in [0.3, 0.4) is 0 Å². The minimum atomic E-state index is -0.552. The van der Waals surface area contributed by atoms with Gasteiger partial charge in [0, 0.05) is 4.88 Å². The maximum Gasteiger partial charge on any atom is 0.113 e. The smallest absolute Gasteiger partial charge is 0.113 e. The van der Waals surface area contributed by atoms with Crippen LogP contribution in [0, 0.1) is 0 Å². The highest BCUT2D eigenvalue weighted by molar-refractivity contribution is 9.11. The Hall–Kier alpha value is -0.680. The molecule has 0 spiro atoms. The summed E-state index contributed by atoms with van der Waals surface area (Å²) in [4.78, 5) is 0.946. The van der Waals surface area contributed by atoms with Crippen molar-refractivity contribution in [1.82, 2.24) is 0 Å². The van der Waals surface area contributed by atoms with Gasteiger partial charge in [-0.3, -0.25) is 0 Å². The molecular formula is C13H14BrNOS. The fraction of sp³-hybridized carbons (Fsp3) is 0.231. The molecule has 4 heteroatoms. The number of halogens is 1. The van der Waals surface area contributed by atoms with Crippen LogP contribution >= 0.6 is 27.3 Å². The number of aliphatic hydroxyl groups excluding tert-OH is 1. The normalized spacial score (nSPS) is 12.6. The lowest BCUT2D eigenvalue weighted by Crippen LogP contribution is -2.04. The number of nitrogens with two attached hydrogens (primary N) is 1. The number of benzene rings is 1. The lowest BCUT2D eigenvalue weighted by molar-refractivity contribution is 0.224. The van der Waals surface area contributed by atoms with E-state index in [0.29, 0.717) is 6.54 Å². The average Bonchev–Trinajstić information content (AvgIpc) is 2.76. The summed E-state index contributed by atoms with van der Waals surface area (Å²) in [6.45, 7) is 0.629. The molecule has 2 rings (SSSR count). The molecule has 90 valence electrons. The van der Waals surface area contributed by atoms with E-state index in [-0.39, 0.29) is 0 Å². The van der Waals surface area contributed by atoms with Crippen molar-refractivity contribution in [3.63, 3.8) is 0 Å². The summed E-state index contributed by atoms with van der Waals surface area (Å²) in [5, 5.41) is 10.3. The molecule has 0 aliphatic carbocycles. The second-order valence-corrected chi connectivity index (χ2v) is 6.32. The summed E-state index contributed by atoms with van der Waals surface area (Å²) in [5.74, 6) is 0. The van der Waals surface area contributed by atoms with E-state index >= 15 is 0 Å². The Bertz CT molecular complexity index is 498. The van der Waals surface area contributed by atoms with Crippen LogP contribution < -0.4 is 5.73 Å². The summed E-state index contributed by atoms with van der Waals surface area (Å²) < 4.78 is 1.03. The van der Waals surface area contributed by atoms with Crippen molar-refractivity contribution in [2.45, 2.75) is 12.5 Å². The first kappa shape index (κ1) is 12.8. The third-order valence-electron chi connectivity index (χ3n) is 2.56. The quantitative estimate of drug-likeness (QED) is 0.911. The number of hydrogen-bond acceptors (Lipinski definition) is 3. The Morgan fingerprint density at radius 1 is 1.29 bits per heavy atom. The zero-order valence-corrected chi connectivity index (χ0v) is 11.7. The molecule has 1 aromatic carbocycles. The Balaban J connectivity index is 2.24. The molecule has 3 N–H and O–H groups in total. The molecule has 0 aliphatic rings. The molecule has 0 radical (unpaired) electrons. The number of rotatable bonds is 4. The van der Waals surface area contributed by atoms with Gasteiger partial charge in [-0.2, -0.15) is 0 Å². The molecule has 0 saturated carbocycles. The zero-order valence-electron chi connectivity index (χ0n) is 9.27. The van der Waals surface area contributed by atoms with Crippen LogP contribution in [0.4, 0.5) is 0 Å². The van der Waals surface area contributed by atoms with Gasteiger partial charge in [0.25, 0.3) is 0 Å². The first-order valence-electron chi connectivity index (χ1n) is 5.43. The minimum absolute atomic E-state index is 0.552. The molecule has 1 heterocycles. The largest absolute Gasteiger partial charge is 0.383 e. The molecule has 2 nitrogen and oxygen atoms in total. The van der Waals surface area contributed by atoms with Crippen LogP contribution in [0.25, 0.3) is 0 Å². The number of thiophene rings is 1. The maximum atomic E-state index is 10.3. The highest BCUT2D eigenvalue weighted by Crippen LogP contribution is 2.31. The fourth-order valence-electron chi connectivity index (χ4n) is 1.72. The molecule has 1 atom stereocenters. The predicted octanol–water partition coefficient (Wildman–Crippen LogP) is 3.09. The third kappa shape index (κ3) is 3.16. The Morgan fingerprint density at radius 2 is 2.12 bits per heavy atom. The van der Waals surface area contributed by atoms with Gasteiger partial charge < -0.3 is 10.8 Å². The summed E-state index contributed by atoms with van der Waals surface area (Å²) in [6.07, 6.45) is 0.290. The Kier molecular flexibility index (Phi) is 4.34. The van der Waals surface area contributed by atoms with E-state index in [2.05, 4.69) is 15.9 Å². The molecule has 0 saturated heterocycles. The van der Waals surface area contributed by atoms with Crippen LogP contribution in [0.5, 0.6) is 0 Å². The van der Waals surface area contributed by atoms with Gasteiger partial charge in [0.1, 0.15) is 6.10 Å². The van der Waals surface area contributed by atoms with Gasteiger partial charge >= 0.3 is 0 Å². The lowest BCUT2D eigenvalue weighted by atomic mass is 10.0. The van der Waals surface area contributed by atoms with Crippen molar-refractivity contribution < 1.29 is 5.11 Å². The van der Waals surface area contributed by atoms with E-state index in [4.69, 9.17) is 5.73 Å². The molecule has 0 amide bonds. The van der Waals surface area contributed by atoms with Crippen molar-refractivity contribution in [2.75, 3.05) is 6.54 Å². The van der Waals surface area contributed by atoms with Gasteiger partial charge in [0.05, 0.1) is 3.79 Å². The molecule has 0 fully saturated rings. The maximum absolute atomic E-state index is 10.3. The summed E-state index contributed by atoms with van der Waals surface area (Å²) >= 11 is 4.96. The predicted molar refractivity (Wildman–Crippen MR) is 75.3 cm³/mol. The van der Waals surface area contributed by atoms with E-state index in [1.54, 1.807) is 11.3 Å². The van der Waals surface area contributed by atoms with E-state index < -0.39 is 6.10 Å². The standard InChI is InChI=1S/C13H14BrNOS/c14-12-5-4-11(17-12)13(16)10-3-1-2-9(8-10)6-7-15/h1-5,8,13,16H,6-7,15H2. The molecule has 1 unspecified atom stereocenters. The van der Waals surface area contributed by atoms with E-state index in [0.717, 1.165) is 20.6 Å². The highest BCUT2D eigenvalue weighted by Gasteiger charge is 2.12. The lowest BCUT2D eigenvalue weighted by Gasteiger charge is -2.10. The van der Waals surface area contributed by atoms with Crippen molar-refractivity contribution in [3.05, 3.63) is 56.2 Å². The van der Waals surface area contributed by atoms with Crippen LogP contribution in [-0.4, -0.2) is 11.7 Å². The molecular weight excluding hydrogens is 298 g/mol. The van der Waals surface area contributed by atoms with Crippen LogP contribution in [0.1, 0.15) is 22.1 Å². The first-order chi connectivity index (χ1) is 8.20. The van der Waals surface area contributed by atoms with E-state index in [1.165, 1.54) is 5.56 Å². The van der Waals surface area contributed by atoms with Gasteiger partial charge in [-0.25, -0.2) is 0 Å².